The van der Waals surface area contributed by atoms with E-state index < -0.39 is 18.1 Å². The lowest BCUT2D eigenvalue weighted by Crippen LogP contribution is -2.45. The molecule has 0 aliphatic rings. The lowest BCUT2D eigenvalue weighted by Gasteiger charge is -2.19. The third kappa shape index (κ3) is 7.11. The maximum atomic E-state index is 12.4. The number of rotatable bonds is 8. The van der Waals surface area contributed by atoms with Gasteiger partial charge in [0.25, 0.3) is 0 Å². The summed E-state index contributed by atoms with van der Waals surface area (Å²) < 4.78 is 10.4. The third-order valence-electron chi connectivity index (χ3n) is 3.89. The monoisotopic (exact) mass is 384 g/mol. The van der Waals surface area contributed by atoms with E-state index in [9.17, 15) is 14.4 Å². The van der Waals surface area contributed by atoms with E-state index in [-0.39, 0.29) is 25.5 Å². The number of hydrogen-bond donors (Lipinski definition) is 1. The average Bonchev–Trinajstić information content (AvgIpc) is 2.71. The molecular formula is C21H24N2O5. The van der Waals surface area contributed by atoms with Crippen LogP contribution in [0, 0.1) is 0 Å². The zero-order valence-corrected chi connectivity index (χ0v) is 16.0. The van der Waals surface area contributed by atoms with Crippen LogP contribution >= 0.6 is 0 Å². The van der Waals surface area contributed by atoms with Gasteiger partial charge in [0.05, 0.1) is 6.42 Å². The van der Waals surface area contributed by atoms with E-state index in [1.54, 1.807) is 14.1 Å². The number of nitrogens with zero attached hydrogens (tertiary/aromatic N) is 1. The Morgan fingerprint density at radius 3 is 1.86 bits per heavy atom. The minimum atomic E-state index is -1.14. The molecule has 148 valence electrons. The lowest BCUT2D eigenvalue weighted by molar-refractivity contribution is -0.149. The first-order valence-electron chi connectivity index (χ1n) is 8.83. The van der Waals surface area contributed by atoms with Crippen molar-refractivity contribution in [3.8, 4) is 0 Å². The minimum Gasteiger partial charge on any atom is -0.459 e. The zero-order valence-electron chi connectivity index (χ0n) is 16.0. The van der Waals surface area contributed by atoms with Crippen LogP contribution in [0.5, 0.6) is 0 Å². The van der Waals surface area contributed by atoms with Gasteiger partial charge in [-0.2, -0.15) is 0 Å². The second kappa shape index (κ2) is 10.7. The normalized spacial score (nSPS) is 11.2. The molecule has 2 aromatic carbocycles. The van der Waals surface area contributed by atoms with Crippen molar-refractivity contribution in [2.75, 3.05) is 14.1 Å². The van der Waals surface area contributed by atoms with Crippen molar-refractivity contribution in [1.82, 2.24) is 10.2 Å². The SMILES string of the molecule is CN(C)C(=O)C[C@H](NC(=O)OCc1ccccc1)C(=O)OCc1ccccc1. The molecule has 28 heavy (non-hydrogen) atoms. The van der Waals surface area contributed by atoms with Gasteiger partial charge < -0.3 is 19.7 Å². The maximum Gasteiger partial charge on any atom is 0.408 e. The Bertz CT molecular complexity index is 778. The number of ether oxygens (including phenoxy) is 2. The van der Waals surface area contributed by atoms with Gasteiger partial charge in [-0.25, -0.2) is 9.59 Å². The van der Waals surface area contributed by atoms with E-state index in [4.69, 9.17) is 9.47 Å². The Labute approximate surface area is 164 Å². The fourth-order valence-corrected chi connectivity index (χ4v) is 2.29. The lowest BCUT2D eigenvalue weighted by atomic mass is 10.2. The summed E-state index contributed by atoms with van der Waals surface area (Å²) in [5.41, 5.74) is 1.62. The van der Waals surface area contributed by atoms with Crippen LogP contribution in [0.25, 0.3) is 0 Å². The molecule has 7 nitrogen and oxygen atoms in total. The maximum absolute atomic E-state index is 12.4. The number of benzene rings is 2. The highest BCUT2D eigenvalue weighted by atomic mass is 16.6. The fourth-order valence-electron chi connectivity index (χ4n) is 2.29. The average molecular weight is 384 g/mol. The quantitative estimate of drug-likeness (QED) is 0.707. The highest BCUT2D eigenvalue weighted by molar-refractivity contribution is 5.87. The van der Waals surface area contributed by atoms with Crippen LogP contribution in [-0.2, 0) is 32.3 Å². The molecule has 2 aromatic rings. The van der Waals surface area contributed by atoms with Crippen LogP contribution in [0.15, 0.2) is 60.7 Å². The van der Waals surface area contributed by atoms with Gasteiger partial charge in [-0.15, -0.1) is 0 Å². The molecular weight excluding hydrogens is 360 g/mol. The molecule has 0 radical (unpaired) electrons. The highest BCUT2D eigenvalue weighted by Crippen LogP contribution is 2.06. The van der Waals surface area contributed by atoms with Crippen LogP contribution in [0.4, 0.5) is 4.79 Å². The number of carbonyl (C=O) groups is 3. The molecule has 0 heterocycles. The number of hydrogen-bond acceptors (Lipinski definition) is 5. The predicted octanol–water partition coefficient (Wildman–Crippen LogP) is 2.50. The van der Waals surface area contributed by atoms with Gasteiger partial charge in [0.15, 0.2) is 0 Å². The summed E-state index contributed by atoms with van der Waals surface area (Å²) in [5.74, 6) is -1.01. The van der Waals surface area contributed by atoms with Crippen molar-refractivity contribution in [3.63, 3.8) is 0 Å². The van der Waals surface area contributed by atoms with Crippen molar-refractivity contribution in [2.45, 2.75) is 25.7 Å². The van der Waals surface area contributed by atoms with E-state index in [2.05, 4.69) is 5.32 Å². The van der Waals surface area contributed by atoms with Gasteiger partial charge in [0, 0.05) is 14.1 Å². The van der Waals surface area contributed by atoms with Gasteiger partial charge >= 0.3 is 12.1 Å². The van der Waals surface area contributed by atoms with Crippen molar-refractivity contribution in [2.24, 2.45) is 0 Å². The largest absolute Gasteiger partial charge is 0.459 e. The summed E-state index contributed by atoms with van der Waals surface area (Å²) >= 11 is 0. The Morgan fingerprint density at radius 2 is 1.36 bits per heavy atom. The Kier molecular flexibility index (Phi) is 8.02. The molecule has 0 unspecified atom stereocenters. The van der Waals surface area contributed by atoms with E-state index in [1.807, 2.05) is 60.7 Å². The fraction of sp³-hybridized carbons (Fsp3) is 0.286. The Morgan fingerprint density at radius 1 is 0.857 bits per heavy atom. The van der Waals surface area contributed by atoms with Crippen molar-refractivity contribution in [3.05, 3.63) is 71.8 Å². The van der Waals surface area contributed by atoms with Crippen LogP contribution in [0.2, 0.25) is 0 Å². The molecule has 0 aliphatic carbocycles. The second-order valence-corrected chi connectivity index (χ2v) is 6.34. The number of alkyl carbamates (subject to hydrolysis) is 1. The van der Waals surface area contributed by atoms with E-state index >= 15 is 0 Å². The number of amides is 2. The smallest absolute Gasteiger partial charge is 0.408 e. The van der Waals surface area contributed by atoms with Gasteiger partial charge in [-0.3, -0.25) is 4.79 Å². The molecule has 7 heteroatoms. The topological polar surface area (TPSA) is 84.9 Å². The van der Waals surface area contributed by atoms with Gasteiger partial charge in [-0.05, 0) is 11.1 Å². The summed E-state index contributed by atoms with van der Waals surface area (Å²) in [4.78, 5) is 37.9. The number of carbonyl (C=O) groups excluding carboxylic acids is 3. The molecule has 2 amide bonds. The van der Waals surface area contributed by atoms with Crippen LogP contribution < -0.4 is 5.32 Å². The Hall–Kier alpha value is -3.35. The highest BCUT2D eigenvalue weighted by Gasteiger charge is 2.26. The standard InChI is InChI=1S/C21H24N2O5/c1-23(2)19(24)13-18(20(25)27-14-16-9-5-3-6-10-16)22-21(26)28-15-17-11-7-4-8-12-17/h3-12,18H,13-15H2,1-2H3,(H,22,26)/t18-/m0/s1. The number of esters is 1. The first-order valence-corrected chi connectivity index (χ1v) is 8.83. The van der Waals surface area contributed by atoms with Gasteiger partial charge in [0.1, 0.15) is 19.3 Å². The van der Waals surface area contributed by atoms with Crippen LogP contribution in [-0.4, -0.2) is 43.0 Å². The molecule has 0 bridgehead atoms. The zero-order chi connectivity index (χ0) is 20.4. The summed E-state index contributed by atoms with van der Waals surface area (Å²) in [6.45, 7) is 0.104. The molecule has 1 atom stereocenters. The van der Waals surface area contributed by atoms with E-state index in [1.165, 1.54) is 4.90 Å². The van der Waals surface area contributed by atoms with E-state index in [0.717, 1.165) is 11.1 Å². The summed E-state index contributed by atoms with van der Waals surface area (Å²) in [5, 5.41) is 2.43. The third-order valence-corrected chi connectivity index (χ3v) is 3.89. The molecule has 0 saturated heterocycles. The van der Waals surface area contributed by atoms with Gasteiger partial charge in [0.2, 0.25) is 5.91 Å². The van der Waals surface area contributed by atoms with Crippen molar-refractivity contribution in [1.29, 1.82) is 0 Å². The second-order valence-electron chi connectivity index (χ2n) is 6.34. The molecule has 0 saturated carbocycles. The predicted molar refractivity (Wildman–Crippen MR) is 103 cm³/mol. The molecule has 0 aromatic heterocycles. The molecule has 2 rings (SSSR count). The van der Waals surface area contributed by atoms with Crippen LogP contribution in [0.1, 0.15) is 17.5 Å². The van der Waals surface area contributed by atoms with E-state index in [0.29, 0.717) is 0 Å². The minimum absolute atomic E-state index is 0.0487. The first kappa shape index (κ1) is 21.0. The molecule has 0 fully saturated rings. The molecule has 0 spiro atoms. The van der Waals surface area contributed by atoms with Crippen molar-refractivity contribution >= 4 is 18.0 Å². The van der Waals surface area contributed by atoms with Crippen LogP contribution in [0.3, 0.4) is 0 Å². The summed E-state index contributed by atoms with van der Waals surface area (Å²) in [6.07, 6.45) is -1.02. The summed E-state index contributed by atoms with van der Waals surface area (Å²) in [7, 11) is 3.14. The molecule has 1 N–H and O–H groups in total. The summed E-state index contributed by atoms with van der Waals surface area (Å²) in [6, 6.07) is 17.1. The van der Waals surface area contributed by atoms with Gasteiger partial charge in [-0.1, -0.05) is 60.7 Å². The Balaban J connectivity index is 1.94. The molecule has 0 aliphatic heterocycles. The first-order chi connectivity index (χ1) is 13.5. The number of nitrogens with one attached hydrogen (secondary N) is 1. The van der Waals surface area contributed by atoms with Crippen molar-refractivity contribution < 1.29 is 23.9 Å².